The number of nitrogens with zero attached hydrogens (tertiary/aromatic N) is 1. The molecule has 122 valence electrons. The Balaban J connectivity index is 2.13. The fraction of sp³-hybridized carbons (Fsp3) is 0.353. The summed E-state index contributed by atoms with van der Waals surface area (Å²) in [4.78, 5) is 27.2. The topological polar surface area (TPSA) is 74.7 Å². The molecule has 0 bridgehead atoms. The van der Waals surface area contributed by atoms with Crippen LogP contribution in [0.5, 0.6) is 5.75 Å². The quantitative estimate of drug-likeness (QED) is 0.807. The summed E-state index contributed by atoms with van der Waals surface area (Å²) in [6, 6.07) is 6.87. The number of carbonyl (C=O) groups excluding carboxylic acids is 2. The van der Waals surface area contributed by atoms with Crippen LogP contribution < -0.4 is 4.74 Å². The summed E-state index contributed by atoms with van der Waals surface area (Å²) >= 11 is 0. The molecule has 0 saturated heterocycles. The van der Waals surface area contributed by atoms with Crippen LogP contribution in [0.1, 0.15) is 31.3 Å². The van der Waals surface area contributed by atoms with Crippen molar-refractivity contribution in [1.29, 1.82) is 0 Å². The first-order valence-electron chi connectivity index (χ1n) is 7.11. The highest BCUT2D eigenvalue weighted by Gasteiger charge is 2.16. The molecule has 23 heavy (non-hydrogen) atoms. The van der Waals surface area contributed by atoms with Crippen LogP contribution in [-0.4, -0.2) is 36.2 Å². The van der Waals surface area contributed by atoms with Gasteiger partial charge in [-0.05, 0) is 50.4 Å². The van der Waals surface area contributed by atoms with Crippen molar-refractivity contribution in [2.45, 2.75) is 26.4 Å². The number of rotatable bonds is 4. The van der Waals surface area contributed by atoms with Crippen LogP contribution >= 0.6 is 0 Å². The highest BCUT2D eigenvalue weighted by atomic mass is 16.6. The second-order valence-corrected chi connectivity index (χ2v) is 5.95. The van der Waals surface area contributed by atoms with Gasteiger partial charge in [0.15, 0.2) is 6.61 Å². The van der Waals surface area contributed by atoms with Gasteiger partial charge in [-0.15, -0.1) is 0 Å². The number of hydrogen-bond donors (Lipinski definition) is 0. The fourth-order valence-corrected chi connectivity index (χ4v) is 1.94. The first-order valence-corrected chi connectivity index (χ1v) is 7.11. The maximum Gasteiger partial charge on any atom is 0.356 e. The molecule has 6 nitrogen and oxygen atoms in total. The monoisotopic (exact) mass is 317 g/mol. The van der Waals surface area contributed by atoms with Gasteiger partial charge in [-0.1, -0.05) is 0 Å². The van der Waals surface area contributed by atoms with E-state index < -0.39 is 17.5 Å². The third kappa shape index (κ3) is 4.67. The minimum atomic E-state index is -0.551. The van der Waals surface area contributed by atoms with Gasteiger partial charge in [0.1, 0.15) is 17.0 Å². The van der Waals surface area contributed by atoms with Crippen molar-refractivity contribution >= 4 is 22.7 Å². The molecular formula is C17H19NO5. The van der Waals surface area contributed by atoms with Gasteiger partial charge < -0.3 is 14.2 Å². The predicted molar refractivity (Wildman–Crippen MR) is 84.4 cm³/mol. The highest BCUT2D eigenvalue weighted by molar-refractivity contribution is 5.93. The van der Waals surface area contributed by atoms with Gasteiger partial charge in [0, 0.05) is 11.6 Å². The van der Waals surface area contributed by atoms with E-state index in [0.717, 1.165) is 10.8 Å². The van der Waals surface area contributed by atoms with E-state index in [0.29, 0.717) is 5.75 Å². The number of methoxy groups -OCH3 is 1. The van der Waals surface area contributed by atoms with Crippen molar-refractivity contribution in [3.63, 3.8) is 0 Å². The van der Waals surface area contributed by atoms with Gasteiger partial charge in [-0.3, -0.25) is 0 Å². The Bertz CT molecular complexity index is 733. The minimum absolute atomic E-state index is 0.183. The summed E-state index contributed by atoms with van der Waals surface area (Å²) in [5.41, 5.74) is -0.338. The zero-order valence-corrected chi connectivity index (χ0v) is 13.6. The summed E-state index contributed by atoms with van der Waals surface area (Å²) in [6.45, 7) is 5.20. The Morgan fingerprint density at radius 1 is 1.13 bits per heavy atom. The second-order valence-electron chi connectivity index (χ2n) is 5.95. The van der Waals surface area contributed by atoms with E-state index in [9.17, 15) is 9.59 Å². The molecule has 0 amide bonds. The number of pyridine rings is 1. The largest absolute Gasteiger partial charge is 0.482 e. The van der Waals surface area contributed by atoms with Crippen molar-refractivity contribution in [3.05, 3.63) is 36.2 Å². The van der Waals surface area contributed by atoms with Crippen LogP contribution in [0.2, 0.25) is 0 Å². The number of aromatic nitrogens is 1. The van der Waals surface area contributed by atoms with Crippen LogP contribution in [0.25, 0.3) is 10.8 Å². The van der Waals surface area contributed by atoms with Crippen LogP contribution in [0.15, 0.2) is 30.5 Å². The Kier molecular flexibility index (Phi) is 4.83. The number of carbonyl (C=O) groups is 2. The van der Waals surface area contributed by atoms with Crippen molar-refractivity contribution < 1.29 is 23.8 Å². The number of esters is 2. The Morgan fingerprint density at radius 3 is 2.52 bits per heavy atom. The summed E-state index contributed by atoms with van der Waals surface area (Å²) in [5.74, 6) is -0.445. The van der Waals surface area contributed by atoms with E-state index in [1.165, 1.54) is 7.11 Å². The molecule has 0 aliphatic rings. The molecule has 0 saturated carbocycles. The van der Waals surface area contributed by atoms with Crippen LogP contribution in [0.4, 0.5) is 0 Å². The van der Waals surface area contributed by atoms with E-state index in [-0.39, 0.29) is 12.3 Å². The first-order chi connectivity index (χ1) is 10.8. The van der Waals surface area contributed by atoms with Crippen LogP contribution in [-0.2, 0) is 14.3 Å². The molecule has 0 aliphatic heterocycles. The lowest BCUT2D eigenvalue weighted by Gasteiger charge is -2.19. The summed E-state index contributed by atoms with van der Waals surface area (Å²) in [5, 5.41) is 1.62. The Morgan fingerprint density at radius 2 is 1.87 bits per heavy atom. The summed E-state index contributed by atoms with van der Waals surface area (Å²) < 4.78 is 15.3. The Hall–Kier alpha value is -2.63. The van der Waals surface area contributed by atoms with Gasteiger partial charge in [-0.25, -0.2) is 14.6 Å². The van der Waals surface area contributed by atoms with Gasteiger partial charge in [0.2, 0.25) is 0 Å². The van der Waals surface area contributed by atoms with E-state index in [1.54, 1.807) is 51.2 Å². The van der Waals surface area contributed by atoms with Gasteiger partial charge in [0.05, 0.1) is 7.11 Å². The molecule has 0 atom stereocenters. The predicted octanol–water partition coefficient (Wildman–Crippen LogP) is 2.74. The lowest BCUT2D eigenvalue weighted by atomic mass is 10.1. The maximum atomic E-state index is 11.7. The molecule has 0 spiro atoms. The molecular weight excluding hydrogens is 298 g/mol. The first kappa shape index (κ1) is 16.7. The van der Waals surface area contributed by atoms with Crippen molar-refractivity contribution in [2.24, 2.45) is 0 Å². The molecule has 0 unspecified atom stereocenters. The maximum absolute atomic E-state index is 11.7. The smallest absolute Gasteiger partial charge is 0.356 e. The lowest BCUT2D eigenvalue weighted by molar-refractivity contribution is -0.157. The average Bonchev–Trinajstić information content (AvgIpc) is 2.49. The van der Waals surface area contributed by atoms with Gasteiger partial charge in [-0.2, -0.15) is 0 Å². The average molecular weight is 317 g/mol. The second kappa shape index (κ2) is 6.64. The molecule has 1 aromatic carbocycles. The standard InChI is InChI=1S/C17H19NO5/c1-17(2,3)23-15(19)10-22-13-6-5-11-9-18-14(16(20)21-4)8-12(11)7-13/h5-9H,10H2,1-4H3. The molecule has 0 aliphatic carbocycles. The molecule has 0 radical (unpaired) electrons. The molecule has 1 aromatic heterocycles. The fourth-order valence-electron chi connectivity index (χ4n) is 1.94. The molecule has 0 N–H and O–H groups in total. The number of hydrogen-bond acceptors (Lipinski definition) is 6. The van der Waals surface area contributed by atoms with E-state index in [2.05, 4.69) is 9.72 Å². The molecule has 1 heterocycles. The summed E-state index contributed by atoms with van der Waals surface area (Å²) in [7, 11) is 1.30. The number of fused-ring (bicyclic) bond motifs is 1. The highest BCUT2D eigenvalue weighted by Crippen LogP contribution is 2.21. The third-order valence-corrected chi connectivity index (χ3v) is 2.86. The SMILES string of the molecule is COC(=O)c1cc2cc(OCC(=O)OC(C)(C)C)ccc2cn1. The van der Waals surface area contributed by atoms with Gasteiger partial charge >= 0.3 is 11.9 Å². The lowest BCUT2D eigenvalue weighted by Crippen LogP contribution is -2.27. The van der Waals surface area contributed by atoms with E-state index in [1.807, 2.05) is 0 Å². The van der Waals surface area contributed by atoms with E-state index >= 15 is 0 Å². The van der Waals surface area contributed by atoms with Crippen LogP contribution in [0, 0.1) is 0 Å². The van der Waals surface area contributed by atoms with Gasteiger partial charge in [0.25, 0.3) is 0 Å². The Labute approximate surface area is 134 Å². The molecule has 2 rings (SSSR count). The molecule has 0 fully saturated rings. The molecule has 2 aromatic rings. The van der Waals surface area contributed by atoms with Crippen molar-refractivity contribution in [3.8, 4) is 5.75 Å². The van der Waals surface area contributed by atoms with Crippen molar-refractivity contribution in [1.82, 2.24) is 4.98 Å². The van der Waals surface area contributed by atoms with E-state index in [4.69, 9.17) is 9.47 Å². The number of benzene rings is 1. The molecule has 6 heteroatoms. The number of ether oxygens (including phenoxy) is 3. The third-order valence-electron chi connectivity index (χ3n) is 2.86. The minimum Gasteiger partial charge on any atom is -0.482 e. The summed E-state index contributed by atoms with van der Waals surface area (Å²) in [6.07, 6.45) is 1.58. The normalized spacial score (nSPS) is 11.1. The zero-order valence-electron chi connectivity index (χ0n) is 13.6. The van der Waals surface area contributed by atoms with Crippen molar-refractivity contribution in [2.75, 3.05) is 13.7 Å². The zero-order chi connectivity index (χ0) is 17.0. The van der Waals surface area contributed by atoms with Crippen LogP contribution in [0.3, 0.4) is 0 Å².